The number of thiazole rings is 1. The average molecular weight is 338 g/mol. The zero-order valence-electron chi connectivity index (χ0n) is 12.6. The van der Waals surface area contributed by atoms with Crippen molar-refractivity contribution >= 4 is 34.6 Å². The molecule has 5 nitrogen and oxygen atoms in total. The van der Waals surface area contributed by atoms with Crippen LogP contribution in [-0.2, 0) is 4.79 Å². The first kappa shape index (κ1) is 16.6. The van der Waals surface area contributed by atoms with E-state index in [1.165, 1.54) is 11.3 Å². The van der Waals surface area contributed by atoms with E-state index in [4.69, 9.17) is 0 Å². The van der Waals surface area contributed by atoms with Gasteiger partial charge in [-0.05, 0) is 24.3 Å². The summed E-state index contributed by atoms with van der Waals surface area (Å²) in [5.41, 5.74) is 0.624. The molecule has 2 heterocycles. The van der Waals surface area contributed by atoms with E-state index < -0.39 is 12.0 Å². The molecule has 2 rings (SSSR count). The number of thiophene rings is 1. The summed E-state index contributed by atoms with van der Waals surface area (Å²) < 4.78 is 0. The fraction of sp³-hybridized carbons (Fsp3) is 0.400. The fourth-order valence-corrected chi connectivity index (χ4v) is 3.77. The molecule has 2 N–H and O–H groups in total. The van der Waals surface area contributed by atoms with Gasteiger partial charge in [-0.3, -0.25) is 4.79 Å². The van der Waals surface area contributed by atoms with Crippen LogP contribution in [0.4, 0.5) is 0 Å². The predicted molar refractivity (Wildman–Crippen MR) is 88.5 cm³/mol. The Morgan fingerprint density at radius 3 is 2.73 bits per heavy atom. The van der Waals surface area contributed by atoms with Gasteiger partial charge >= 0.3 is 5.97 Å². The third-order valence-electron chi connectivity index (χ3n) is 3.50. The number of carboxylic acid groups (broad SMARTS) is 1. The van der Waals surface area contributed by atoms with Gasteiger partial charge in [0.05, 0.1) is 10.6 Å². The summed E-state index contributed by atoms with van der Waals surface area (Å²) >= 11 is 2.85. The van der Waals surface area contributed by atoms with Crippen molar-refractivity contribution in [1.82, 2.24) is 10.3 Å². The molecule has 118 valence electrons. The van der Waals surface area contributed by atoms with Crippen molar-refractivity contribution in [3.8, 4) is 9.88 Å². The summed E-state index contributed by atoms with van der Waals surface area (Å²) in [6.45, 7) is 5.48. The summed E-state index contributed by atoms with van der Waals surface area (Å²) in [5, 5.41) is 14.6. The van der Waals surface area contributed by atoms with Crippen LogP contribution in [0.5, 0.6) is 0 Å². The Kier molecular flexibility index (Phi) is 5.31. The molecule has 0 radical (unpaired) electrons. The Hall–Kier alpha value is -1.73. The van der Waals surface area contributed by atoms with Crippen LogP contribution in [0.1, 0.15) is 35.6 Å². The first-order valence-electron chi connectivity index (χ1n) is 6.99. The highest BCUT2D eigenvalue weighted by Gasteiger charge is 2.27. The number of nitrogens with one attached hydrogen (secondary N) is 1. The van der Waals surface area contributed by atoms with Crippen molar-refractivity contribution in [3.63, 3.8) is 0 Å². The van der Waals surface area contributed by atoms with Crippen LogP contribution in [0, 0.1) is 12.8 Å². The minimum atomic E-state index is -1.01. The zero-order valence-corrected chi connectivity index (χ0v) is 14.3. The monoisotopic (exact) mass is 338 g/mol. The lowest BCUT2D eigenvalue weighted by Crippen LogP contribution is -2.44. The van der Waals surface area contributed by atoms with Crippen LogP contribution in [0.25, 0.3) is 9.88 Å². The van der Waals surface area contributed by atoms with Gasteiger partial charge in [0.1, 0.15) is 15.9 Å². The first-order chi connectivity index (χ1) is 10.4. The molecule has 2 atom stereocenters. The van der Waals surface area contributed by atoms with Gasteiger partial charge < -0.3 is 10.4 Å². The third-order valence-corrected chi connectivity index (χ3v) is 5.70. The number of hydrogen-bond acceptors (Lipinski definition) is 5. The number of carboxylic acids is 1. The molecule has 0 aliphatic carbocycles. The summed E-state index contributed by atoms with van der Waals surface area (Å²) in [4.78, 5) is 29.6. The number of hydrogen-bond donors (Lipinski definition) is 2. The molecule has 2 aromatic rings. The molecule has 1 amide bonds. The van der Waals surface area contributed by atoms with Gasteiger partial charge in [0.25, 0.3) is 5.91 Å². The van der Waals surface area contributed by atoms with Crippen molar-refractivity contribution in [2.24, 2.45) is 5.92 Å². The Labute approximate surface area is 137 Å². The highest BCUT2D eigenvalue weighted by molar-refractivity contribution is 7.22. The zero-order chi connectivity index (χ0) is 16.3. The molecule has 0 saturated heterocycles. The van der Waals surface area contributed by atoms with Crippen molar-refractivity contribution in [2.75, 3.05) is 0 Å². The number of amides is 1. The summed E-state index contributed by atoms with van der Waals surface area (Å²) in [6, 6.07) is 2.99. The standard InChI is InChI=1S/C15H18N2O3S2/c1-4-8(2)11(15(19)20)17-13(18)12-9(3)16-14(22-12)10-6-5-7-21-10/h5-8,11H,4H2,1-3H3,(H,17,18)(H,19,20)/t8-,11-/m0/s1. The van der Waals surface area contributed by atoms with E-state index in [0.29, 0.717) is 17.0 Å². The van der Waals surface area contributed by atoms with E-state index in [9.17, 15) is 14.7 Å². The normalized spacial score (nSPS) is 13.6. The molecule has 0 spiro atoms. The van der Waals surface area contributed by atoms with Crippen LogP contribution in [-0.4, -0.2) is 28.0 Å². The van der Waals surface area contributed by atoms with Crippen LogP contribution in [0.2, 0.25) is 0 Å². The van der Waals surface area contributed by atoms with Crippen molar-refractivity contribution in [2.45, 2.75) is 33.2 Å². The topological polar surface area (TPSA) is 79.3 Å². The molecule has 0 aliphatic heterocycles. The second-order valence-corrected chi connectivity index (χ2v) is 7.03. The van der Waals surface area contributed by atoms with Crippen LogP contribution in [0.15, 0.2) is 17.5 Å². The van der Waals surface area contributed by atoms with Crippen molar-refractivity contribution in [3.05, 3.63) is 28.1 Å². The molecule has 0 saturated carbocycles. The predicted octanol–water partition coefficient (Wildman–Crippen LogP) is 3.41. The van der Waals surface area contributed by atoms with Crippen molar-refractivity contribution in [1.29, 1.82) is 0 Å². The number of carbonyl (C=O) groups excluding carboxylic acids is 1. The van der Waals surface area contributed by atoms with Crippen LogP contribution >= 0.6 is 22.7 Å². The Morgan fingerprint density at radius 1 is 1.45 bits per heavy atom. The van der Waals surface area contributed by atoms with Gasteiger partial charge in [0.2, 0.25) is 0 Å². The second-order valence-electron chi connectivity index (χ2n) is 5.09. The molecule has 2 aromatic heterocycles. The van der Waals surface area contributed by atoms with Gasteiger partial charge in [0.15, 0.2) is 0 Å². The summed E-state index contributed by atoms with van der Waals surface area (Å²) in [5.74, 6) is -1.51. The van der Waals surface area contributed by atoms with Crippen LogP contribution in [0.3, 0.4) is 0 Å². The molecular weight excluding hydrogens is 320 g/mol. The van der Waals surface area contributed by atoms with E-state index in [1.54, 1.807) is 18.3 Å². The molecule has 0 bridgehead atoms. The van der Waals surface area contributed by atoms with Crippen LogP contribution < -0.4 is 5.32 Å². The van der Waals surface area contributed by atoms with E-state index in [1.807, 2.05) is 31.4 Å². The summed E-state index contributed by atoms with van der Waals surface area (Å²) in [6.07, 6.45) is 0.680. The number of carbonyl (C=O) groups is 2. The number of aryl methyl sites for hydroxylation is 1. The lowest BCUT2D eigenvalue weighted by Gasteiger charge is -2.19. The van der Waals surface area contributed by atoms with E-state index in [0.717, 1.165) is 9.88 Å². The lowest BCUT2D eigenvalue weighted by atomic mass is 9.99. The highest BCUT2D eigenvalue weighted by atomic mass is 32.1. The van der Waals surface area contributed by atoms with Gasteiger partial charge in [-0.15, -0.1) is 22.7 Å². The third kappa shape index (κ3) is 3.53. The van der Waals surface area contributed by atoms with Gasteiger partial charge in [-0.1, -0.05) is 26.3 Å². The maximum absolute atomic E-state index is 12.4. The molecule has 0 fully saturated rings. The lowest BCUT2D eigenvalue weighted by molar-refractivity contribution is -0.140. The van der Waals surface area contributed by atoms with Crippen molar-refractivity contribution < 1.29 is 14.7 Å². The minimum Gasteiger partial charge on any atom is -0.480 e. The fourth-order valence-electron chi connectivity index (χ4n) is 2.00. The second kappa shape index (κ2) is 7.02. The number of aromatic nitrogens is 1. The molecule has 22 heavy (non-hydrogen) atoms. The van der Waals surface area contributed by atoms with E-state index >= 15 is 0 Å². The van der Waals surface area contributed by atoms with E-state index in [2.05, 4.69) is 10.3 Å². The highest BCUT2D eigenvalue weighted by Crippen LogP contribution is 2.31. The van der Waals surface area contributed by atoms with E-state index in [-0.39, 0.29) is 11.8 Å². The molecule has 7 heteroatoms. The minimum absolute atomic E-state index is 0.133. The average Bonchev–Trinajstić information content (AvgIpc) is 3.12. The smallest absolute Gasteiger partial charge is 0.326 e. The first-order valence-corrected chi connectivity index (χ1v) is 8.68. The number of nitrogens with zero attached hydrogens (tertiary/aromatic N) is 1. The van der Waals surface area contributed by atoms with Gasteiger partial charge in [0, 0.05) is 0 Å². The maximum Gasteiger partial charge on any atom is 0.326 e. The largest absolute Gasteiger partial charge is 0.480 e. The Balaban J connectivity index is 2.21. The summed E-state index contributed by atoms with van der Waals surface area (Å²) in [7, 11) is 0. The molecule has 0 aromatic carbocycles. The Bertz CT molecular complexity index is 664. The quantitative estimate of drug-likeness (QED) is 0.846. The van der Waals surface area contributed by atoms with Gasteiger partial charge in [-0.2, -0.15) is 0 Å². The maximum atomic E-state index is 12.4. The van der Waals surface area contributed by atoms with Gasteiger partial charge in [-0.25, -0.2) is 9.78 Å². The Morgan fingerprint density at radius 2 is 2.18 bits per heavy atom. The SMILES string of the molecule is CC[C@H](C)[C@H](NC(=O)c1sc(-c2cccs2)nc1C)C(=O)O. The molecule has 0 aliphatic rings. The number of rotatable bonds is 6. The molecular formula is C15H18N2O3S2. The molecule has 0 unspecified atom stereocenters. The number of aliphatic carboxylic acids is 1.